The molecule has 3 heterocycles. The summed E-state index contributed by atoms with van der Waals surface area (Å²) in [6.07, 6.45) is 7.42. The number of hydrogen-bond donors (Lipinski definition) is 0. The Kier molecular flexibility index (Phi) is 2.64. The van der Waals surface area contributed by atoms with Crippen LogP contribution < -0.4 is 0 Å². The zero-order valence-electron chi connectivity index (χ0n) is 9.58. The number of fused-ring (bicyclic) bond motifs is 1. The van der Waals surface area contributed by atoms with Crippen LogP contribution in [0.5, 0.6) is 0 Å². The molecule has 0 aliphatic carbocycles. The minimum atomic E-state index is 0.175. The summed E-state index contributed by atoms with van der Waals surface area (Å²) in [5.41, 5.74) is 2.80. The van der Waals surface area contributed by atoms with Gasteiger partial charge in [0, 0.05) is 32.1 Å². The Labute approximate surface area is 108 Å². The van der Waals surface area contributed by atoms with Gasteiger partial charge >= 0.3 is 0 Å². The van der Waals surface area contributed by atoms with E-state index in [-0.39, 0.29) is 5.28 Å². The number of aryl methyl sites for hydroxylation is 1. The normalized spacial score (nSPS) is 11.0. The van der Waals surface area contributed by atoms with Gasteiger partial charge in [-0.15, -0.1) is 0 Å². The van der Waals surface area contributed by atoms with Gasteiger partial charge in [0.2, 0.25) is 5.28 Å². The average Bonchev–Trinajstić information content (AvgIpc) is 2.74. The van der Waals surface area contributed by atoms with Crippen LogP contribution in [-0.2, 0) is 13.5 Å². The molecule has 0 saturated heterocycles. The molecule has 0 unspecified atom stereocenters. The quantitative estimate of drug-likeness (QED) is 0.652. The second-order valence-electron chi connectivity index (χ2n) is 3.88. The van der Waals surface area contributed by atoms with E-state index in [2.05, 4.69) is 24.9 Å². The molecule has 0 bridgehead atoms. The maximum atomic E-state index is 5.88. The van der Waals surface area contributed by atoms with E-state index in [1.807, 2.05) is 17.8 Å². The van der Waals surface area contributed by atoms with Gasteiger partial charge in [0.15, 0.2) is 5.65 Å². The summed E-state index contributed by atoms with van der Waals surface area (Å²) in [7, 11) is 1.92. The van der Waals surface area contributed by atoms with Crippen molar-refractivity contribution < 1.29 is 0 Å². The lowest BCUT2D eigenvalue weighted by Crippen LogP contribution is -2.00. The number of hydrogen-bond acceptors (Lipinski definition) is 5. The standard InChI is InChI=1S/C11H9ClN6/c1-18-5-7(15-6-18)4-8-9-10(14-3-2-13-9)17-11(12)16-8/h2-3,5-6H,4H2,1H3. The Bertz CT molecular complexity index is 708. The van der Waals surface area contributed by atoms with Gasteiger partial charge in [0.05, 0.1) is 17.7 Å². The first kappa shape index (κ1) is 11.0. The van der Waals surface area contributed by atoms with Crippen LogP contribution in [0.25, 0.3) is 11.2 Å². The van der Waals surface area contributed by atoms with E-state index >= 15 is 0 Å². The van der Waals surface area contributed by atoms with Gasteiger partial charge in [-0.1, -0.05) is 0 Å². The van der Waals surface area contributed by atoms with E-state index in [9.17, 15) is 0 Å². The molecule has 0 radical (unpaired) electrons. The average molecular weight is 261 g/mol. The summed E-state index contributed by atoms with van der Waals surface area (Å²) in [5, 5.41) is 0.175. The largest absolute Gasteiger partial charge is 0.340 e. The Morgan fingerprint density at radius 1 is 1.17 bits per heavy atom. The number of aromatic nitrogens is 6. The molecule has 3 aromatic heterocycles. The first-order valence-corrected chi connectivity index (χ1v) is 5.70. The van der Waals surface area contributed by atoms with E-state index in [1.54, 1.807) is 18.7 Å². The minimum Gasteiger partial charge on any atom is -0.340 e. The van der Waals surface area contributed by atoms with Gasteiger partial charge in [0.1, 0.15) is 5.52 Å². The van der Waals surface area contributed by atoms with Gasteiger partial charge in [-0.2, -0.15) is 4.98 Å². The van der Waals surface area contributed by atoms with Gasteiger partial charge in [-0.25, -0.2) is 19.9 Å². The molecule has 0 spiro atoms. The first-order valence-electron chi connectivity index (χ1n) is 5.32. The molecule has 0 atom stereocenters. The third-order valence-corrected chi connectivity index (χ3v) is 2.65. The lowest BCUT2D eigenvalue weighted by Gasteiger charge is -2.02. The molecule has 7 heteroatoms. The third-order valence-electron chi connectivity index (χ3n) is 2.48. The minimum absolute atomic E-state index is 0.175. The van der Waals surface area contributed by atoms with Crippen molar-refractivity contribution in [3.05, 3.63) is 41.6 Å². The van der Waals surface area contributed by atoms with Crippen molar-refractivity contribution in [2.75, 3.05) is 0 Å². The monoisotopic (exact) mass is 260 g/mol. The van der Waals surface area contributed by atoms with Crippen molar-refractivity contribution in [1.29, 1.82) is 0 Å². The number of imidazole rings is 1. The van der Waals surface area contributed by atoms with Crippen molar-refractivity contribution in [1.82, 2.24) is 29.5 Å². The fraction of sp³-hybridized carbons (Fsp3) is 0.182. The van der Waals surface area contributed by atoms with Crippen LogP contribution in [0.1, 0.15) is 11.4 Å². The van der Waals surface area contributed by atoms with E-state index in [1.165, 1.54) is 0 Å². The number of nitrogens with zero attached hydrogens (tertiary/aromatic N) is 6. The lowest BCUT2D eigenvalue weighted by molar-refractivity contribution is 0.912. The molecule has 6 nitrogen and oxygen atoms in total. The Morgan fingerprint density at radius 2 is 2.00 bits per heavy atom. The smallest absolute Gasteiger partial charge is 0.224 e. The molecule has 0 amide bonds. The van der Waals surface area contributed by atoms with Crippen molar-refractivity contribution in [2.24, 2.45) is 7.05 Å². The van der Waals surface area contributed by atoms with E-state index in [4.69, 9.17) is 11.6 Å². The Balaban J connectivity index is 2.10. The predicted molar refractivity (Wildman–Crippen MR) is 66.2 cm³/mol. The highest BCUT2D eigenvalue weighted by molar-refractivity contribution is 6.28. The lowest BCUT2D eigenvalue weighted by atomic mass is 10.2. The van der Waals surface area contributed by atoms with Crippen LogP contribution >= 0.6 is 11.6 Å². The zero-order chi connectivity index (χ0) is 12.5. The second kappa shape index (κ2) is 4.30. The zero-order valence-corrected chi connectivity index (χ0v) is 10.3. The molecule has 0 aliphatic rings. The molecule has 0 fully saturated rings. The molecule has 0 N–H and O–H groups in total. The van der Waals surface area contributed by atoms with Crippen LogP contribution in [0.4, 0.5) is 0 Å². The molecule has 3 rings (SSSR count). The van der Waals surface area contributed by atoms with Crippen LogP contribution in [0.15, 0.2) is 24.9 Å². The van der Waals surface area contributed by atoms with Gasteiger partial charge < -0.3 is 4.57 Å². The molecule has 0 aliphatic heterocycles. The van der Waals surface area contributed by atoms with E-state index in [0.717, 1.165) is 11.4 Å². The number of rotatable bonds is 2. The summed E-state index contributed by atoms with van der Waals surface area (Å²) in [5.74, 6) is 0. The predicted octanol–water partition coefficient (Wildman–Crippen LogP) is 1.40. The van der Waals surface area contributed by atoms with Gasteiger partial charge in [-0.3, -0.25) is 0 Å². The second-order valence-corrected chi connectivity index (χ2v) is 4.21. The van der Waals surface area contributed by atoms with Crippen molar-refractivity contribution in [2.45, 2.75) is 6.42 Å². The molecule has 90 valence electrons. The fourth-order valence-electron chi connectivity index (χ4n) is 1.75. The highest BCUT2D eigenvalue weighted by atomic mass is 35.5. The fourth-order valence-corrected chi connectivity index (χ4v) is 1.93. The van der Waals surface area contributed by atoms with Crippen LogP contribution in [-0.4, -0.2) is 29.5 Å². The molecular formula is C11H9ClN6. The summed E-state index contributed by atoms with van der Waals surface area (Å²) < 4.78 is 1.88. The molecule has 3 aromatic rings. The van der Waals surface area contributed by atoms with Crippen molar-refractivity contribution in [3.8, 4) is 0 Å². The Hall–Kier alpha value is -2.08. The summed E-state index contributed by atoms with van der Waals surface area (Å²) in [6, 6.07) is 0. The van der Waals surface area contributed by atoms with Crippen LogP contribution in [0, 0.1) is 0 Å². The van der Waals surface area contributed by atoms with Crippen molar-refractivity contribution in [3.63, 3.8) is 0 Å². The molecule has 0 aromatic carbocycles. The summed E-state index contributed by atoms with van der Waals surface area (Å²) >= 11 is 5.88. The maximum Gasteiger partial charge on any atom is 0.224 e. The van der Waals surface area contributed by atoms with Crippen LogP contribution in [0.2, 0.25) is 5.28 Å². The highest BCUT2D eigenvalue weighted by Crippen LogP contribution is 2.16. The summed E-state index contributed by atoms with van der Waals surface area (Å²) in [6.45, 7) is 0. The van der Waals surface area contributed by atoms with Gasteiger partial charge in [0.25, 0.3) is 0 Å². The summed E-state index contributed by atoms with van der Waals surface area (Å²) in [4.78, 5) is 20.9. The maximum absolute atomic E-state index is 5.88. The number of halogens is 1. The SMILES string of the molecule is Cn1cnc(Cc2nc(Cl)nc3nccnc23)c1. The third kappa shape index (κ3) is 2.02. The van der Waals surface area contributed by atoms with Gasteiger partial charge in [-0.05, 0) is 11.6 Å². The molecule has 0 saturated carbocycles. The first-order chi connectivity index (χ1) is 8.72. The Morgan fingerprint density at radius 3 is 2.78 bits per heavy atom. The van der Waals surface area contributed by atoms with E-state index in [0.29, 0.717) is 17.6 Å². The topological polar surface area (TPSA) is 69.4 Å². The molecule has 18 heavy (non-hydrogen) atoms. The highest BCUT2D eigenvalue weighted by Gasteiger charge is 2.10. The van der Waals surface area contributed by atoms with Crippen molar-refractivity contribution >= 4 is 22.8 Å². The van der Waals surface area contributed by atoms with E-state index < -0.39 is 0 Å². The molecular weight excluding hydrogens is 252 g/mol. The van der Waals surface area contributed by atoms with Crippen LogP contribution in [0.3, 0.4) is 0 Å².